The van der Waals surface area contributed by atoms with Crippen molar-refractivity contribution in [2.75, 3.05) is 13.7 Å². The fourth-order valence-electron chi connectivity index (χ4n) is 1.97. The molecule has 0 spiro atoms. The van der Waals surface area contributed by atoms with Gasteiger partial charge >= 0.3 is 0 Å². The monoisotopic (exact) mass is 342 g/mol. The van der Waals surface area contributed by atoms with Gasteiger partial charge in [-0.2, -0.15) is 0 Å². The quantitative estimate of drug-likeness (QED) is 0.718. The predicted octanol–water partition coefficient (Wildman–Crippen LogP) is 1.91. The first kappa shape index (κ1) is 19.4. The van der Waals surface area contributed by atoms with E-state index in [1.165, 1.54) is 19.2 Å². The van der Waals surface area contributed by atoms with E-state index in [0.29, 0.717) is 12.3 Å². The molecule has 23 heavy (non-hydrogen) atoms. The molecule has 1 aromatic carbocycles. The average Bonchev–Trinajstić information content (AvgIpc) is 2.52. The number of hydrogen-bond acceptors (Lipinski definition) is 4. The van der Waals surface area contributed by atoms with Crippen molar-refractivity contribution in [3.05, 3.63) is 24.3 Å². The maximum atomic E-state index is 12.5. The number of amides is 1. The number of hydrogen-bond donors (Lipinski definition) is 2. The van der Waals surface area contributed by atoms with E-state index in [0.717, 1.165) is 6.42 Å². The van der Waals surface area contributed by atoms with Crippen LogP contribution in [0.25, 0.3) is 0 Å². The van der Waals surface area contributed by atoms with Crippen LogP contribution in [0.4, 0.5) is 0 Å². The van der Waals surface area contributed by atoms with Crippen LogP contribution in [0.2, 0.25) is 0 Å². The Balaban J connectivity index is 2.82. The third kappa shape index (κ3) is 6.19. The number of rotatable bonds is 9. The Bertz CT molecular complexity index is 597. The highest BCUT2D eigenvalue weighted by molar-refractivity contribution is 7.89. The molecule has 0 bridgehead atoms. The molecule has 0 aliphatic carbocycles. The molecule has 0 fully saturated rings. The van der Waals surface area contributed by atoms with Crippen LogP contribution in [0.3, 0.4) is 0 Å². The molecule has 0 aliphatic rings. The summed E-state index contributed by atoms with van der Waals surface area (Å²) in [5, 5.41) is 2.77. The van der Waals surface area contributed by atoms with Crippen LogP contribution < -0.4 is 14.8 Å². The first-order valence-electron chi connectivity index (χ1n) is 7.73. The molecule has 0 saturated carbocycles. The Kier molecular flexibility index (Phi) is 7.51. The highest BCUT2D eigenvalue weighted by atomic mass is 32.2. The fraction of sp³-hybridized carbons (Fsp3) is 0.562. The van der Waals surface area contributed by atoms with E-state index in [-0.39, 0.29) is 23.1 Å². The van der Waals surface area contributed by atoms with E-state index >= 15 is 0 Å². The molecule has 6 nitrogen and oxygen atoms in total. The number of sulfonamides is 1. The Morgan fingerprint density at radius 1 is 1.22 bits per heavy atom. The van der Waals surface area contributed by atoms with E-state index in [4.69, 9.17) is 4.74 Å². The van der Waals surface area contributed by atoms with Gasteiger partial charge in [-0.3, -0.25) is 4.79 Å². The molecular weight excluding hydrogens is 316 g/mol. The Labute approximate surface area is 138 Å². The minimum atomic E-state index is -3.68. The molecule has 1 atom stereocenters. The lowest BCUT2D eigenvalue weighted by Gasteiger charge is -2.22. The van der Waals surface area contributed by atoms with Crippen LogP contribution >= 0.6 is 0 Å². The molecule has 1 aromatic rings. The van der Waals surface area contributed by atoms with Crippen LogP contribution in [0, 0.1) is 5.92 Å². The van der Waals surface area contributed by atoms with Gasteiger partial charge in [0.2, 0.25) is 15.9 Å². The summed E-state index contributed by atoms with van der Waals surface area (Å²) < 4.78 is 32.6. The van der Waals surface area contributed by atoms with Gasteiger partial charge in [0, 0.05) is 19.0 Å². The molecule has 0 radical (unpaired) electrons. The minimum Gasteiger partial charge on any atom is -0.497 e. The lowest BCUT2D eigenvalue weighted by Crippen LogP contribution is -2.42. The van der Waals surface area contributed by atoms with Crippen LogP contribution in [0.5, 0.6) is 5.75 Å². The molecule has 1 amide bonds. The van der Waals surface area contributed by atoms with Crippen molar-refractivity contribution in [3.63, 3.8) is 0 Å². The molecule has 0 saturated heterocycles. The number of ether oxygens (including phenoxy) is 1. The van der Waals surface area contributed by atoms with Crippen LogP contribution in [-0.4, -0.2) is 34.0 Å². The van der Waals surface area contributed by atoms with Gasteiger partial charge in [0.1, 0.15) is 5.75 Å². The van der Waals surface area contributed by atoms with Gasteiger partial charge in [-0.05, 0) is 36.6 Å². The number of methoxy groups -OCH3 is 1. The summed E-state index contributed by atoms with van der Waals surface area (Å²) in [5.41, 5.74) is 0. The maximum absolute atomic E-state index is 12.5. The largest absolute Gasteiger partial charge is 0.497 e. The summed E-state index contributed by atoms with van der Waals surface area (Å²) in [6.45, 7) is 6.32. The maximum Gasteiger partial charge on any atom is 0.240 e. The van der Waals surface area contributed by atoms with Crippen molar-refractivity contribution < 1.29 is 17.9 Å². The molecule has 1 rings (SSSR count). The third-order valence-electron chi connectivity index (χ3n) is 3.46. The summed E-state index contributed by atoms with van der Waals surface area (Å²) in [4.78, 5) is 12.0. The number of carbonyl (C=O) groups is 1. The second-order valence-corrected chi connectivity index (χ2v) is 7.42. The van der Waals surface area contributed by atoms with E-state index in [9.17, 15) is 13.2 Å². The minimum absolute atomic E-state index is 0.00426. The van der Waals surface area contributed by atoms with Gasteiger partial charge in [-0.25, -0.2) is 13.1 Å². The summed E-state index contributed by atoms with van der Waals surface area (Å²) in [7, 11) is -2.16. The molecule has 0 aliphatic heterocycles. The summed E-state index contributed by atoms with van der Waals surface area (Å²) in [5.74, 6) is 0.432. The zero-order valence-electron chi connectivity index (χ0n) is 14.1. The molecule has 0 unspecified atom stereocenters. The number of nitrogens with one attached hydrogen (secondary N) is 2. The fourth-order valence-corrected chi connectivity index (χ4v) is 3.36. The molecular formula is C16H26N2O4S. The van der Waals surface area contributed by atoms with Gasteiger partial charge in [0.15, 0.2) is 0 Å². The average molecular weight is 342 g/mol. The van der Waals surface area contributed by atoms with Crippen LogP contribution in [-0.2, 0) is 14.8 Å². The number of benzene rings is 1. The second kappa shape index (κ2) is 8.88. The molecule has 7 heteroatoms. The summed E-state index contributed by atoms with van der Waals surface area (Å²) >= 11 is 0. The van der Waals surface area contributed by atoms with Crippen molar-refractivity contribution in [3.8, 4) is 5.75 Å². The highest BCUT2D eigenvalue weighted by Crippen LogP contribution is 2.17. The van der Waals surface area contributed by atoms with E-state index < -0.39 is 16.1 Å². The van der Waals surface area contributed by atoms with Gasteiger partial charge in [-0.15, -0.1) is 0 Å². The molecule has 130 valence electrons. The standard InChI is InChI=1S/C16H26N2O4S/c1-5-10-17-16(19)11-15(12(2)3)18-23(20,21)14-8-6-13(22-4)7-9-14/h6-9,12,15,18H,5,10-11H2,1-4H3,(H,17,19)/t15-/m1/s1. The van der Waals surface area contributed by atoms with Gasteiger partial charge < -0.3 is 10.1 Å². The highest BCUT2D eigenvalue weighted by Gasteiger charge is 2.24. The van der Waals surface area contributed by atoms with Crippen molar-refractivity contribution in [1.82, 2.24) is 10.0 Å². The molecule has 0 heterocycles. The van der Waals surface area contributed by atoms with Crippen molar-refractivity contribution in [2.45, 2.75) is 44.6 Å². The number of carbonyl (C=O) groups excluding carboxylic acids is 1. The van der Waals surface area contributed by atoms with E-state index in [2.05, 4.69) is 10.0 Å². The first-order valence-corrected chi connectivity index (χ1v) is 9.21. The van der Waals surface area contributed by atoms with Gasteiger partial charge in [0.25, 0.3) is 0 Å². The van der Waals surface area contributed by atoms with E-state index in [1.54, 1.807) is 12.1 Å². The topological polar surface area (TPSA) is 84.5 Å². The third-order valence-corrected chi connectivity index (χ3v) is 4.96. The Morgan fingerprint density at radius 3 is 2.30 bits per heavy atom. The lowest BCUT2D eigenvalue weighted by atomic mass is 10.0. The molecule has 2 N–H and O–H groups in total. The van der Waals surface area contributed by atoms with Gasteiger partial charge in [-0.1, -0.05) is 20.8 Å². The van der Waals surface area contributed by atoms with Crippen LogP contribution in [0.1, 0.15) is 33.6 Å². The van der Waals surface area contributed by atoms with Crippen LogP contribution in [0.15, 0.2) is 29.2 Å². The zero-order chi connectivity index (χ0) is 17.5. The summed E-state index contributed by atoms with van der Waals surface area (Å²) in [6, 6.07) is 5.68. The molecule has 0 aromatic heterocycles. The smallest absolute Gasteiger partial charge is 0.240 e. The zero-order valence-corrected chi connectivity index (χ0v) is 14.9. The van der Waals surface area contributed by atoms with Gasteiger partial charge in [0.05, 0.1) is 12.0 Å². The van der Waals surface area contributed by atoms with E-state index in [1.807, 2.05) is 20.8 Å². The summed E-state index contributed by atoms with van der Waals surface area (Å²) in [6.07, 6.45) is 0.961. The van der Waals surface area contributed by atoms with Crippen molar-refractivity contribution in [1.29, 1.82) is 0 Å². The van der Waals surface area contributed by atoms with Crippen molar-refractivity contribution >= 4 is 15.9 Å². The SMILES string of the molecule is CCCNC(=O)C[C@@H](NS(=O)(=O)c1ccc(OC)cc1)C(C)C. The second-order valence-electron chi connectivity index (χ2n) is 5.70. The Morgan fingerprint density at radius 2 is 1.83 bits per heavy atom. The predicted molar refractivity (Wildman–Crippen MR) is 89.9 cm³/mol. The van der Waals surface area contributed by atoms with Crippen molar-refractivity contribution in [2.24, 2.45) is 5.92 Å². The lowest BCUT2D eigenvalue weighted by molar-refractivity contribution is -0.121. The Hall–Kier alpha value is -1.60. The normalized spacial score (nSPS) is 12.9. The first-order chi connectivity index (χ1) is 10.8.